The summed E-state index contributed by atoms with van der Waals surface area (Å²) in [5, 5.41) is 10.00. The lowest BCUT2D eigenvalue weighted by Crippen LogP contribution is -2.49. The van der Waals surface area contributed by atoms with Crippen LogP contribution in [0.3, 0.4) is 0 Å². The molecule has 0 aliphatic carbocycles. The minimum atomic E-state index is -3.97. The summed E-state index contributed by atoms with van der Waals surface area (Å²) in [6.45, 7) is 6.97. The first-order valence-corrected chi connectivity index (χ1v) is 16.8. The summed E-state index contributed by atoms with van der Waals surface area (Å²) in [7, 11) is -1.98. The van der Waals surface area contributed by atoms with Crippen LogP contribution in [0.25, 0.3) is 0 Å². The SMILES string of the molecule is Cc1ccc(S(=O)(=O)Nc2cccc3c2O[C@@H](CN(C)Cc2ccc(Oc4ccccc4)cc2)[C@H](C)CN([C@@H](C)CO)C3=O)cc1. The maximum Gasteiger partial charge on any atom is 0.262 e. The summed E-state index contributed by atoms with van der Waals surface area (Å²) >= 11 is 0. The zero-order valence-electron chi connectivity index (χ0n) is 26.6. The van der Waals surface area contributed by atoms with Crippen LogP contribution in [-0.2, 0) is 16.6 Å². The molecule has 4 aromatic rings. The Labute approximate surface area is 271 Å². The fraction of sp³-hybridized carbons (Fsp3) is 0.306. The number of fused-ring (bicyclic) bond motifs is 1. The van der Waals surface area contributed by atoms with Crippen LogP contribution < -0.4 is 14.2 Å². The molecule has 1 amide bonds. The van der Waals surface area contributed by atoms with E-state index in [9.17, 15) is 18.3 Å². The van der Waals surface area contributed by atoms with Crippen LogP contribution in [0.1, 0.15) is 35.3 Å². The monoisotopic (exact) mass is 643 g/mol. The lowest BCUT2D eigenvalue weighted by molar-refractivity contribution is 0.0344. The van der Waals surface area contributed by atoms with Crippen LogP contribution in [0.4, 0.5) is 5.69 Å². The van der Waals surface area contributed by atoms with Gasteiger partial charge in [-0.25, -0.2) is 8.42 Å². The van der Waals surface area contributed by atoms with Gasteiger partial charge in [-0.2, -0.15) is 0 Å². The molecule has 10 heteroatoms. The number of aliphatic hydroxyl groups excluding tert-OH is 1. The number of aryl methyl sites for hydroxylation is 1. The van der Waals surface area contributed by atoms with Gasteiger partial charge in [0.2, 0.25) is 0 Å². The van der Waals surface area contributed by atoms with E-state index < -0.39 is 22.2 Å². The Morgan fingerprint density at radius 3 is 2.33 bits per heavy atom. The highest BCUT2D eigenvalue weighted by molar-refractivity contribution is 7.92. The number of aliphatic hydroxyl groups is 1. The third-order valence-corrected chi connectivity index (χ3v) is 9.49. The standard InChI is InChI=1S/C36H41N3O6S/c1-25-13-19-31(20-14-25)46(42,43)37-33-12-8-11-32-35(33)45-34(26(2)21-39(36(32)41)27(3)24-40)23-38(4)22-28-15-17-30(18-16-28)44-29-9-6-5-7-10-29/h5-20,26-27,34,37,40H,21-24H2,1-4H3/t26-,27+,34+/m1/s1. The molecule has 0 spiro atoms. The summed E-state index contributed by atoms with van der Waals surface area (Å²) in [5.74, 6) is 1.22. The van der Waals surface area contributed by atoms with Gasteiger partial charge in [0, 0.05) is 25.6 Å². The van der Waals surface area contributed by atoms with E-state index in [-0.39, 0.29) is 40.3 Å². The lowest BCUT2D eigenvalue weighted by Gasteiger charge is -2.38. The highest BCUT2D eigenvalue weighted by atomic mass is 32.2. The molecule has 0 fully saturated rings. The number of benzene rings is 4. The first-order chi connectivity index (χ1) is 22.0. The minimum absolute atomic E-state index is 0.105. The maximum absolute atomic E-state index is 13.8. The van der Waals surface area contributed by atoms with Gasteiger partial charge >= 0.3 is 0 Å². The molecule has 242 valence electrons. The van der Waals surface area contributed by atoms with E-state index in [0.717, 1.165) is 22.6 Å². The van der Waals surface area contributed by atoms with Gasteiger partial charge in [-0.05, 0) is 75.0 Å². The molecule has 46 heavy (non-hydrogen) atoms. The van der Waals surface area contributed by atoms with E-state index in [1.807, 2.05) is 75.5 Å². The molecule has 5 rings (SSSR count). The zero-order valence-corrected chi connectivity index (χ0v) is 27.4. The largest absolute Gasteiger partial charge is 0.486 e. The molecule has 1 aliphatic heterocycles. The summed E-state index contributed by atoms with van der Waals surface area (Å²) < 4.78 is 42.0. The Hall–Kier alpha value is -4.38. The van der Waals surface area contributed by atoms with Gasteiger partial charge in [-0.15, -0.1) is 0 Å². The number of ether oxygens (including phenoxy) is 2. The van der Waals surface area contributed by atoms with E-state index in [4.69, 9.17) is 9.47 Å². The molecule has 0 radical (unpaired) electrons. The summed E-state index contributed by atoms with van der Waals surface area (Å²) in [6, 6.07) is 28.5. The van der Waals surface area contributed by atoms with Crippen LogP contribution in [0.5, 0.6) is 17.2 Å². The highest BCUT2D eigenvalue weighted by Gasteiger charge is 2.35. The van der Waals surface area contributed by atoms with Crippen molar-refractivity contribution in [2.24, 2.45) is 5.92 Å². The van der Waals surface area contributed by atoms with Gasteiger partial charge in [0.1, 0.15) is 17.6 Å². The smallest absolute Gasteiger partial charge is 0.262 e. The van der Waals surface area contributed by atoms with Crippen LogP contribution in [0, 0.1) is 12.8 Å². The van der Waals surface area contributed by atoms with E-state index in [1.165, 1.54) is 0 Å². The lowest BCUT2D eigenvalue weighted by atomic mass is 9.99. The van der Waals surface area contributed by atoms with Crippen molar-refractivity contribution in [2.75, 3.05) is 31.5 Å². The Morgan fingerprint density at radius 1 is 0.978 bits per heavy atom. The summed E-state index contributed by atoms with van der Waals surface area (Å²) in [4.78, 5) is 17.7. The molecular weight excluding hydrogens is 602 g/mol. The van der Waals surface area contributed by atoms with E-state index in [1.54, 1.807) is 54.3 Å². The maximum atomic E-state index is 13.8. The van der Waals surface area contributed by atoms with E-state index in [2.05, 4.69) is 9.62 Å². The van der Waals surface area contributed by atoms with Gasteiger partial charge in [0.15, 0.2) is 5.75 Å². The Balaban J connectivity index is 1.39. The second-order valence-electron chi connectivity index (χ2n) is 12.0. The topological polar surface area (TPSA) is 108 Å². The molecule has 0 saturated carbocycles. The Morgan fingerprint density at radius 2 is 1.65 bits per heavy atom. The molecule has 1 heterocycles. The predicted octanol–water partition coefficient (Wildman–Crippen LogP) is 5.94. The van der Waals surface area contributed by atoms with Crippen molar-refractivity contribution in [3.63, 3.8) is 0 Å². The van der Waals surface area contributed by atoms with Crippen LogP contribution in [-0.4, -0.2) is 68.1 Å². The van der Waals surface area contributed by atoms with Gasteiger partial charge < -0.3 is 19.5 Å². The molecule has 0 bridgehead atoms. The molecule has 0 aromatic heterocycles. The van der Waals surface area contributed by atoms with Crippen LogP contribution >= 0.6 is 0 Å². The van der Waals surface area contributed by atoms with Crippen LogP contribution in [0.2, 0.25) is 0 Å². The van der Waals surface area contributed by atoms with Gasteiger partial charge in [-0.1, -0.05) is 61.0 Å². The van der Waals surface area contributed by atoms with Crippen molar-refractivity contribution in [3.8, 4) is 17.2 Å². The Kier molecular flexibility index (Phi) is 10.3. The second kappa shape index (κ2) is 14.4. The highest BCUT2D eigenvalue weighted by Crippen LogP contribution is 2.36. The third kappa shape index (κ3) is 7.88. The number of anilines is 1. The molecule has 3 atom stereocenters. The number of amides is 1. The van der Waals surface area contributed by atoms with Crippen LogP contribution in [0.15, 0.2) is 102 Å². The van der Waals surface area contributed by atoms with Gasteiger partial charge in [0.25, 0.3) is 15.9 Å². The fourth-order valence-electron chi connectivity index (χ4n) is 5.43. The first-order valence-electron chi connectivity index (χ1n) is 15.4. The van der Waals surface area contributed by atoms with Gasteiger partial charge in [0.05, 0.1) is 28.8 Å². The fourth-order valence-corrected chi connectivity index (χ4v) is 6.50. The number of rotatable bonds is 11. The number of nitrogens with one attached hydrogen (secondary N) is 1. The van der Waals surface area contributed by atoms with E-state index in [0.29, 0.717) is 19.6 Å². The normalized spacial score (nSPS) is 17.4. The second-order valence-corrected chi connectivity index (χ2v) is 13.7. The predicted molar refractivity (Wildman–Crippen MR) is 179 cm³/mol. The number of nitrogens with zero attached hydrogens (tertiary/aromatic N) is 2. The molecule has 1 aliphatic rings. The van der Waals surface area contributed by atoms with E-state index >= 15 is 0 Å². The van der Waals surface area contributed by atoms with Crippen molar-refractivity contribution < 1.29 is 27.8 Å². The quantitative estimate of drug-likeness (QED) is 0.208. The number of carbonyl (C=O) groups is 1. The molecule has 4 aromatic carbocycles. The molecule has 0 saturated heterocycles. The molecule has 9 nitrogen and oxygen atoms in total. The van der Waals surface area contributed by atoms with Crippen molar-refractivity contribution in [1.29, 1.82) is 0 Å². The number of hydrogen-bond acceptors (Lipinski definition) is 7. The molecule has 0 unspecified atom stereocenters. The zero-order chi connectivity index (χ0) is 32.8. The van der Waals surface area contributed by atoms with Crippen molar-refractivity contribution >= 4 is 21.6 Å². The average Bonchev–Trinajstić information content (AvgIpc) is 3.04. The number of carbonyl (C=O) groups excluding carboxylic acids is 1. The third-order valence-electron chi connectivity index (χ3n) is 8.11. The van der Waals surface area contributed by atoms with Crippen molar-refractivity contribution in [2.45, 2.75) is 44.4 Å². The molecular formula is C36H41N3O6S. The minimum Gasteiger partial charge on any atom is -0.486 e. The Bertz CT molecular complexity index is 1730. The van der Waals surface area contributed by atoms with Crippen molar-refractivity contribution in [1.82, 2.24) is 9.80 Å². The first kappa shape index (κ1) is 33.0. The number of para-hydroxylation sites is 2. The molecule has 2 N–H and O–H groups in total. The van der Waals surface area contributed by atoms with Crippen molar-refractivity contribution in [3.05, 3.63) is 114 Å². The van der Waals surface area contributed by atoms with Gasteiger partial charge in [-0.3, -0.25) is 14.4 Å². The summed E-state index contributed by atoms with van der Waals surface area (Å²) in [5.41, 5.74) is 2.43. The number of sulfonamides is 1. The number of likely N-dealkylation sites (N-methyl/N-ethyl adjacent to an activating group) is 1. The summed E-state index contributed by atoms with van der Waals surface area (Å²) in [6.07, 6.45) is -0.407. The number of hydrogen-bond donors (Lipinski definition) is 2. The average molecular weight is 644 g/mol.